The smallest absolute Gasteiger partial charge is 0.276 e. The van der Waals surface area contributed by atoms with Gasteiger partial charge in [-0.05, 0) is 53.0 Å². The van der Waals surface area contributed by atoms with E-state index in [0.717, 1.165) is 10.0 Å². The van der Waals surface area contributed by atoms with Crippen LogP contribution in [-0.4, -0.2) is 23.3 Å². The maximum Gasteiger partial charge on any atom is 0.276 e. The number of ether oxygens (including phenoxy) is 1. The summed E-state index contributed by atoms with van der Waals surface area (Å²) < 4.78 is 6.16. The molecule has 3 N–H and O–H groups in total. The topological polar surface area (TPSA) is 123 Å². The van der Waals surface area contributed by atoms with Crippen LogP contribution < -0.4 is 20.9 Å². The number of rotatable bonds is 9. The molecule has 2 aromatic rings. The fourth-order valence-electron chi connectivity index (χ4n) is 2.35. The van der Waals surface area contributed by atoms with E-state index in [0.29, 0.717) is 17.0 Å². The third-order valence-corrected chi connectivity index (χ3v) is 4.52. The summed E-state index contributed by atoms with van der Waals surface area (Å²) in [5, 5.41) is 13.5. The van der Waals surface area contributed by atoms with E-state index < -0.39 is 16.7 Å². The summed E-state index contributed by atoms with van der Waals surface area (Å²) in [6, 6.07) is 9.67. The first-order chi connectivity index (χ1) is 14.2. The fourth-order valence-corrected chi connectivity index (χ4v) is 2.96. The summed E-state index contributed by atoms with van der Waals surface area (Å²) in [6.07, 6.45) is -0.146. The molecule has 0 saturated heterocycles. The Morgan fingerprint density at radius 2 is 1.87 bits per heavy atom. The Bertz CT molecular complexity index is 993. The highest BCUT2D eigenvalue weighted by Gasteiger charge is 2.12. The number of aryl methyl sites for hydroxylation is 2. The highest BCUT2D eigenvalue weighted by atomic mass is 79.9. The molecule has 0 aromatic heterocycles. The molecule has 0 aliphatic rings. The maximum atomic E-state index is 12.2. The summed E-state index contributed by atoms with van der Waals surface area (Å²) in [5.41, 5.74) is 7.12. The number of nitro groups is 1. The van der Waals surface area contributed by atoms with Crippen LogP contribution in [0.4, 0.5) is 11.4 Å². The second-order valence-corrected chi connectivity index (χ2v) is 7.33. The zero-order valence-corrected chi connectivity index (χ0v) is 18.0. The molecule has 0 unspecified atom stereocenters. The van der Waals surface area contributed by atoms with Crippen molar-refractivity contribution in [1.29, 1.82) is 0 Å². The third kappa shape index (κ3) is 6.89. The molecule has 2 aromatic carbocycles. The van der Waals surface area contributed by atoms with Gasteiger partial charge in [-0.3, -0.25) is 25.1 Å². The first-order valence-electron chi connectivity index (χ1n) is 8.82. The molecule has 10 heteroatoms. The number of anilines is 1. The standard InChI is InChI=1S/C20H21BrN4O5/c1-12-4-7-18(16(21)8-12)30-11-20(27)24-23-14(3)9-19(26)22-17-10-15(25(28)29)6-5-13(17)2/h4-8,10,23H,3,9,11H2,1-2H3,(H,22,26)(H,24,27). The van der Waals surface area contributed by atoms with Gasteiger partial charge in [-0.25, -0.2) is 0 Å². The molecule has 158 valence electrons. The zero-order chi connectivity index (χ0) is 22.3. The SMILES string of the molecule is C=C(CC(=O)Nc1cc([N+](=O)[O-])ccc1C)NNC(=O)COc1ccc(C)cc1Br. The van der Waals surface area contributed by atoms with Gasteiger partial charge in [0.25, 0.3) is 11.6 Å². The predicted octanol–water partition coefficient (Wildman–Crippen LogP) is 3.52. The highest BCUT2D eigenvalue weighted by molar-refractivity contribution is 9.10. The van der Waals surface area contributed by atoms with Crippen LogP contribution >= 0.6 is 15.9 Å². The average molecular weight is 477 g/mol. The fraction of sp³-hybridized carbons (Fsp3) is 0.200. The molecule has 0 saturated carbocycles. The molecule has 0 bridgehead atoms. The lowest BCUT2D eigenvalue weighted by Gasteiger charge is -2.13. The first-order valence-corrected chi connectivity index (χ1v) is 9.61. The molecule has 0 spiro atoms. The van der Waals surface area contributed by atoms with E-state index in [2.05, 4.69) is 38.7 Å². The predicted molar refractivity (Wildman–Crippen MR) is 116 cm³/mol. The Labute approximate surface area is 181 Å². The summed E-state index contributed by atoms with van der Waals surface area (Å²) in [4.78, 5) is 34.4. The first kappa shape index (κ1) is 22.9. The number of nitrogens with one attached hydrogen (secondary N) is 3. The van der Waals surface area contributed by atoms with E-state index in [1.54, 1.807) is 19.1 Å². The number of nitrogens with zero attached hydrogens (tertiary/aromatic N) is 1. The lowest BCUT2D eigenvalue weighted by Crippen LogP contribution is -2.40. The Kier molecular flexibility index (Phi) is 7.93. The minimum atomic E-state index is -0.539. The molecule has 2 rings (SSSR count). The second kappa shape index (κ2) is 10.4. The molecular formula is C20H21BrN4O5. The van der Waals surface area contributed by atoms with Gasteiger partial charge < -0.3 is 15.5 Å². The lowest BCUT2D eigenvalue weighted by atomic mass is 10.1. The third-order valence-electron chi connectivity index (χ3n) is 3.90. The molecule has 0 aliphatic heterocycles. The van der Waals surface area contributed by atoms with Gasteiger partial charge in [-0.15, -0.1) is 0 Å². The van der Waals surface area contributed by atoms with Gasteiger partial charge in [0.2, 0.25) is 5.91 Å². The van der Waals surface area contributed by atoms with E-state index in [9.17, 15) is 19.7 Å². The van der Waals surface area contributed by atoms with Crippen molar-refractivity contribution in [2.24, 2.45) is 0 Å². The monoisotopic (exact) mass is 476 g/mol. The highest BCUT2D eigenvalue weighted by Crippen LogP contribution is 2.25. The van der Waals surface area contributed by atoms with Crippen LogP contribution in [0.2, 0.25) is 0 Å². The van der Waals surface area contributed by atoms with Gasteiger partial charge in [0.15, 0.2) is 6.61 Å². The van der Waals surface area contributed by atoms with Crippen LogP contribution in [0.5, 0.6) is 5.75 Å². The summed E-state index contributed by atoms with van der Waals surface area (Å²) in [6.45, 7) is 7.10. The van der Waals surface area contributed by atoms with E-state index >= 15 is 0 Å². The van der Waals surface area contributed by atoms with Gasteiger partial charge >= 0.3 is 0 Å². The van der Waals surface area contributed by atoms with E-state index in [1.807, 2.05) is 19.1 Å². The number of amides is 2. The van der Waals surface area contributed by atoms with Crippen molar-refractivity contribution in [3.63, 3.8) is 0 Å². The van der Waals surface area contributed by atoms with Crippen LogP contribution in [-0.2, 0) is 9.59 Å². The molecule has 2 amide bonds. The van der Waals surface area contributed by atoms with Gasteiger partial charge in [-0.2, -0.15) is 0 Å². The van der Waals surface area contributed by atoms with Crippen molar-refractivity contribution >= 4 is 39.1 Å². The zero-order valence-electron chi connectivity index (χ0n) is 16.5. The van der Waals surface area contributed by atoms with Gasteiger partial charge in [0.05, 0.1) is 21.5 Å². The summed E-state index contributed by atoms with van der Waals surface area (Å²) in [7, 11) is 0. The van der Waals surface area contributed by atoms with E-state index in [4.69, 9.17) is 4.74 Å². The number of carbonyl (C=O) groups is 2. The number of benzene rings is 2. The van der Waals surface area contributed by atoms with E-state index in [1.165, 1.54) is 12.1 Å². The van der Waals surface area contributed by atoms with Crippen molar-refractivity contribution in [2.45, 2.75) is 20.3 Å². The molecule has 0 fully saturated rings. The van der Waals surface area contributed by atoms with Crippen molar-refractivity contribution in [1.82, 2.24) is 10.9 Å². The molecule has 0 heterocycles. The van der Waals surface area contributed by atoms with Crippen LogP contribution in [0.25, 0.3) is 0 Å². The Morgan fingerprint density at radius 1 is 1.13 bits per heavy atom. The van der Waals surface area contributed by atoms with Crippen LogP contribution in [0, 0.1) is 24.0 Å². The minimum absolute atomic E-state index is 0.125. The van der Waals surface area contributed by atoms with Gasteiger partial charge in [0, 0.05) is 17.8 Å². The van der Waals surface area contributed by atoms with Crippen molar-refractivity contribution in [3.8, 4) is 5.75 Å². The molecule has 9 nitrogen and oxygen atoms in total. The second-order valence-electron chi connectivity index (χ2n) is 6.48. The number of hydrogen-bond acceptors (Lipinski definition) is 6. The van der Waals surface area contributed by atoms with Crippen LogP contribution in [0.1, 0.15) is 17.5 Å². The van der Waals surface area contributed by atoms with E-state index in [-0.39, 0.29) is 24.4 Å². The number of carbonyl (C=O) groups excluding carboxylic acids is 2. The number of halogens is 1. The van der Waals surface area contributed by atoms with Gasteiger partial charge in [0.1, 0.15) is 5.75 Å². The Balaban J connectivity index is 1.78. The number of hydrazine groups is 1. The molecule has 30 heavy (non-hydrogen) atoms. The van der Waals surface area contributed by atoms with Crippen molar-refractivity contribution in [3.05, 3.63) is 74.4 Å². The molecule has 0 radical (unpaired) electrons. The lowest BCUT2D eigenvalue weighted by molar-refractivity contribution is -0.384. The molecule has 0 atom stereocenters. The quantitative estimate of drug-likeness (QED) is 0.375. The Morgan fingerprint density at radius 3 is 2.53 bits per heavy atom. The summed E-state index contributed by atoms with van der Waals surface area (Å²) >= 11 is 3.36. The number of hydrogen-bond donors (Lipinski definition) is 3. The van der Waals surface area contributed by atoms with Crippen LogP contribution in [0.15, 0.2) is 53.1 Å². The van der Waals surface area contributed by atoms with Crippen molar-refractivity contribution < 1.29 is 19.2 Å². The minimum Gasteiger partial charge on any atom is -0.483 e. The molecular weight excluding hydrogens is 456 g/mol. The van der Waals surface area contributed by atoms with Gasteiger partial charge in [-0.1, -0.05) is 18.7 Å². The maximum absolute atomic E-state index is 12.2. The largest absolute Gasteiger partial charge is 0.483 e. The number of non-ortho nitro benzene ring substituents is 1. The average Bonchev–Trinajstić information content (AvgIpc) is 2.67. The van der Waals surface area contributed by atoms with Crippen LogP contribution in [0.3, 0.4) is 0 Å². The normalized spacial score (nSPS) is 10.1. The molecule has 0 aliphatic carbocycles. The number of nitro benzene ring substituents is 1. The Hall–Kier alpha value is -3.40. The summed E-state index contributed by atoms with van der Waals surface area (Å²) in [5.74, 6) is -0.370. The van der Waals surface area contributed by atoms with Crippen molar-refractivity contribution in [2.75, 3.05) is 11.9 Å².